The van der Waals surface area contributed by atoms with Gasteiger partial charge in [-0.2, -0.15) is 0 Å². The smallest absolute Gasteiger partial charge is 0.353 e. The first-order valence-electron chi connectivity index (χ1n) is 4.06. The Kier molecular flexibility index (Phi) is 2.21. The zero-order valence-corrected chi connectivity index (χ0v) is 7.57. The number of benzene rings is 1. The van der Waals surface area contributed by atoms with Crippen molar-refractivity contribution < 1.29 is 9.53 Å². The van der Waals surface area contributed by atoms with Crippen LogP contribution >= 0.6 is 0 Å². The third-order valence-electron chi connectivity index (χ3n) is 1.87. The summed E-state index contributed by atoms with van der Waals surface area (Å²) in [4.78, 5) is 11.2. The van der Waals surface area contributed by atoms with E-state index in [4.69, 9.17) is 4.74 Å². The Balaban J connectivity index is 2.20. The highest BCUT2D eigenvalue weighted by atomic mass is 16.5. The first kappa shape index (κ1) is 8.79. The highest BCUT2D eigenvalue weighted by Gasteiger charge is 2.20. The van der Waals surface area contributed by atoms with Crippen LogP contribution in [-0.4, -0.2) is 13.1 Å². The van der Waals surface area contributed by atoms with Crippen molar-refractivity contribution in [1.82, 2.24) is 16.5 Å². The van der Waals surface area contributed by atoms with E-state index in [2.05, 4.69) is 16.5 Å². The maximum atomic E-state index is 11.2. The van der Waals surface area contributed by atoms with Crippen LogP contribution in [-0.2, 0) is 0 Å². The second-order valence-electron chi connectivity index (χ2n) is 2.70. The van der Waals surface area contributed by atoms with Gasteiger partial charge < -0.3 is 4.74 Å². The Hall–Kier alpha value is -1.79. The van der Waals surface area contributed by atoms with Crippen LogP contribution in [0.25, 0.3) is 0 Å². The topological polar surface area (TPSA) is 65.6 Å². The SMILES string of the molecule is COc1ccc(N2NNNC2=O)cc1. The van der Waals surface area contributed by atoms with Gasteiger partial charge in [0.05, 0.1) is 12.8 Å². The van der Waals surface area contributed by atoms with Crippen molar-refractivity contribution in [3.63, 3.8) is 0 Å². The van der Waals surface area contributed by atoms with Crippen molar-refractivity contribution in [2.45, 2.75) is 0 Å². The predicted octanol–water partition coefficient (Wildman–Crippen LogP) is 0.149. The lowest BCUT2D eigenvalue weighted by Gasteiger charge is -2.12. The summed E-state index contributed by atoms with van der Waals surface area (Å²) >= 11 is 0. The van der Waals surface area contributed by atoms with Gasteiger partial charge in [-0.1, -0.05) is 0 Å². The average molecular weight is 194 g/mol. The Morgan fingerprint density at radius 3 is 2.50 bits per heavy atom. The van der Waals surface area contributed by atoms with E-state index in [0.717, 1.165) is 11.4 Å². The largest absolute Gasteiger partial charge is 0.497 e. The minimum absolute atomic E-state index is 0.254. The Morgan fingerprint density at radius 1 is 1.29 bits per heavy atom. The van der Waals surface area contributed by atoms with Crippen molar-refractivity contribution in [1.29, 1.82) is 0 Å². The van der Waals surface area contributed by atoms with Gasteiger partial charge in [0.25, 0.3) is 0 Å². The van der Waals surface area contributed by atoms with Crippen molar-refractivity contribution in [2.75, 3.05) is 12.1 Å². The maximum Gasteiger partial charge on any atom is 0.353 e. The lowest BCUT2D eigenvalue weighted by atomic mass is 10.3. The van der Waals surface area contributed by atoms with Crippen LogP contribution in [0.5, 0.6) is 5.75 Å². The minimum atomic E-state index is -0.254. The van der Waals surface area contributed by atoms with Crippen LogP contribution in [0.1, 0.15) is 0 Å². The summed E-state index contributed by atoms with van der Waals surface area (Å²) < 4.78 is 5.00. The second kappa shape index (κ2) is 3.52. The molecular weight excluding hydrogens is 184 g/mol. The van der Waals surface area contributed by atoms with Gasteiger partial charge in [0.1, 0.15) is 5.75 Å². The van der Waals surface area contributed by atoms with Gasteiger partial charge in [0.15, 0.2) is 0 Å². The number of rotatable bonds is 2. The number of urea groups is 1. The minimum Gasteiger partial charge on any atom is -0.497 e. The number of methoxy groups -OCH3 is 1. The molecule has 1 aromatic carbocycles. The molecule has 14 heavy (non-hydrogen) atoms. The molecule has 1 heterocycles. The van der Waals surface area contributed by atoms with Crippen LogP contribution in [0.2, 0.25) is 0 Å². The maximum absolute atomic E-state index is 11.2. The number of ether oxygens (including phenoxy) is 1. The summed E-state index contributed by atoms with van der Waals surface area (Å²) in [5.74, 6) is 0.751. The first-order valence-corrected chi connectivity index (χ1v) is 4.06. The highest BCUT2D eigenvalue weighted by Crippen LogP contribution is 2.18. The number of carbonyl (C=O) groups excluding carboxylic acids is 1. The number of carbonyl (C=O) groups is 1. The second-order valence-corrected chi connectivity index (χ2v) is 2.70. The summed E-state index contributed by atoms with van der Waals surface area (Å²) in [6.45, 7) is 0. The Bertz CT molecular complexity index is 338. The van der Waals surface area contributed by atoms with E-state index in [1.165, 1.54) is 5.01 Å². The molecule has 0 atom stereocenters. The zero-order chi connectivity index (χ0) is 9.97. The quantitative estimate of drug-likeness (QED) is 0.627. The average Bonchev–Trinajstić information content (AvgIpc) is 2.65. The normalized spacial score (nSPS) is 15.5. The summed E-state index contributed by atoms with van der Waals surface area (Å²) in [5.41, 5.74) is 8.26. The molecule has 0 spiro atoms. The number of hydrogen-bond acceptors (Lipinski definition) is 4. The number of nitrogens with zero attached hydrogens (tertiary/aromatic N) is 1. The summed E-state index contributed by atoms with van der Waals surface area (Å²) in [6, 6.07) is 6.86. The molecule has 1 aromatic rings. The molecule has 74 valence electrons. The van der Waals surface area contributed by atoms with Crippen LogP contribution < -0.4 is 26.2 Å². The van der Waals surface area contributed by atoms with Gasteiger partial charge >= 0.3 is 6.03 Å². The fourth-order valence-electron chi connectivity index (χ4n) is 1.16. The molecule has 1 aliphatic rings. The molecular formula is C8H10N4O2. The van der Waals surface area contributed by atoms with Gasteiger partial charge in [-0.15, -0.1) is 11.1 Å². The molecule has 0 saturated carbocycles. The zero-order valence-electron chi connectivity index (χ0n) is 7.57. The number of amides is 2. The molecule has 2 rings (SSSR count). The molecule has 1 aliphatic heterocycles. The third-order valence-corrected chi connectivity index (χ3v) is 1.87. The van der Waals surface area contributed by atoms with E-state index in [-0.39, 0.29) is 6.03 Å². The molecule has 0 aromatic heterocycles. The molecule has 0 unspecified atom stereocenters. The third kappa shape index (κ3) is 1.48. The molecule has 0 bridgehead atoms. The molecule has 6 nitrogen and oxygen atoms in total. The molecule has 0 radical (unpaired) electrons. The standard InChI is InChI=1S/C8H10N4O2/c1-14-7-4-2-6(3-5-7)12-8(13)9-10-11-12/h2-5,10-11H,1H3,(H,9,13). The van der Waals surface area contributed by atoms with E-state index in [1.807, 2.05) is 0 Å². The number of nitrogens with one attached hydrogen (secondary N) is 3. The Morgan fingerprint density at radius 2 is 2.00 bits per heavy atom. The molecule has 1 fully saturated rings. The Labute approximate surface area is 80.8 Å². The van der Waals surface area contributed by atoms with Crippen molar-refractivity contribution in [3.05, 3.63) is 24.3 Å². The van der Waals surface area contributed by atoms with Gasteiger partial charge in [-0.05, 0) is 24.3 Å². The number of anilines is 1. The lowest BCUT2D eigenvalue weighted by Crippen LogP contribution is -2.37. The summed E-state index contributed by atoms with van der Waals surface area (Å²) in [6.07, 6.45) is 0. The van der Waals surface area contributed by atoms with E-state index in [9.17, 15) is 4.79 Å². The van der Waals surface area contributed by atoms with E-state index < -0.39 is 0 Å². The first-order chi connectivity index (χ1) is 6.81. The van der Waals surface area contributed by atoms with E-state index in [1.54, 1.807) is 31.4 Å². The van der Waals surface area contributed by atoms with Gasteiger partial charge in [-0.3, -0.25) is 5.43 Å². The van der Waals surface area contributed by atoms with Crippen LogP contribution in [0.3, 0.4) is 0 Å². The summed E-state index contributed by atoms with van der Waals surface area (Å²) in [7, 11) is 1.59. The van der Waals surface area contributed by atoms with E-state index >= 15 is 0 Å². The lowest BCUT2D eigenvalue weighted by molar-refractivity contribution is 0.250. The predicted molar refractivity (Wildman–Crippen MR) is 50.3 cm³/mol. The molecule has 2 amide bonds. The van der Waals surface area contributed by atoms with Gasteiger partial charge in [-0.25, -0.2) is 9.80 Å². The number of hydrazine groups is 3. The number of hydrogen-bond donors (Lipinski definition) is 3. The van der Waals surface area contributed by atoms with Gasteiger partial charge in [0, 0.05) is 0 Å². The van der Waals surface area contributed by atoms with Crippen LogP contribution in [0.15, 0.2) is 24.3 Å². The van der Waals surface area contributed by atoms with Crippen molar-refractivity contribution in [3.8, 4) is 5.75 Å². The molecule has 3 N–H and O–H groups in total. The van der Waals surface area contributed by atoms with E-state index in [0.29, 0.717) is 0 Å². The monoisotopic (exact) mass is 194 g/mol. The van der Waals surface area contributed by atoms with Crippen LogP contribution in [0.4, 0.5) is 10.5 Å². The molecule has 0 aliphatic carbocycles. The van der Waals surface area contributed by atoms with Crippen molar-refractivity contribution in [2.24, 2.45) is 0 Å². The molecule has 6 heteroatoms. The van der Waals surface area contributed by atoms with Crippen molar-refractivity contribution >= 4 is 11.7 Å². The fraction of sp³-hybridized carbons (Fsp3) is 0.125. The van der Waals surface area contributed by atoms with Gasteiger partial charge in [0.2, 0.25) is 0 Å². The summed E-state index contributed by atoms with van der Waals surface area (Å²) in [5, 5.41) is 1.35. The molecule has 1 saturated heterocycles. The van der Waals surface area contributed by atoms with Crippen LogP contribution in [0, 0.1) is 0 Å². The highest BCUT2D eigenvalue weighted by molar-refractivity contribution is 5.91. The fourth-order valence-corrected chi connectivity index (χ4v) is 1.16.